The van der Waals surface area contributed by atoms with Crippen molar-refractivity contribution >= 4 is 17.8 Å². The highest BCUT2D eigenvalue weighted by atomic mass is 16.2. The highest BCUT2D eigenvalue weighted by Gasteiger charge is 2.30. The topological polar surface area (TPSA) is 79.4 Å². The molecule has 1 aromatic heterocycles. The Morgan fingerprint density at radius 2 is 2.12 bits per heavy atom. The van der Waals surface area contributed by atoms with Crippen molar-refractivity contribution in [2.24, 2.45) is 0 Å². The van der Waals surface area contributed by atoms with Crippen molar-refractivity contribution in [2.75, 3.05) is 0 Å². The van der Waals surface area contributed by atoms with Crippen LogP contribution in [0.2, 0.25) is 0 Å². The number of hydrogen-bond donors (Lipinski definition) is 1. The second-order valence-electron chi connectivity index (χ2n) is 3.78. The van der Waals surface area contributed by atoms with Crippen LogP contribution in [-0.4, -0.2) is 27.7 Å². The maximum Gasteiger partial charge on any atom is 0.331 e. The summed E-state index contributed by atoms with van der Waals surface area (Å²) in [6.45, 7) is 1.91. The van der Waals surface area contributed by atoms with E-state index in [9.17, 15) is 14.4 Å². The molecule has 1 saturated heterocycles. The number of barbiturate groups is 1. The number of nitrogens with zero attached hydrogens (tertiary/aromatic N) is 2. The molecule has 88 valence electrons. The second kappa shape index (κ2) is 4.32. The van der Waals surface area contributed by atoms with Gasteiger partial charge in [-0.2, -0.15) is 0 Å². The molecule has 0 saturated carbocycles. The van der Waals surface area contributed by atoms with E-state index in [4.69, 9.17) is 0 Å². The molecule has 0 radical (unpaired) electrons. The quantitative estimate of drug-likeness (QED) is 0.748. The number of aryl methyl sites for hydroxylation is 1. The van der Waals surface area contributed by atoms with E-state index in [1.54, 1.807) is 12.1 Å². The Morgan fingerprint density at radius 1 is 1.35 bits per heavy atom. The van der Waals surface area contributed by atoms with Gasteiger partial charge in [-0.25, -0.2) is 4.79 Å². The Bertz CT molecular complexity index is 478. The SMILES string of the molecule is Cc1cccc(CN2C(=O)CC(=O)NC2=O)n1. The number of nitrogens with one attached hydrogen (secondary N) is 1. The van der Waals surface area contributed by atoms with Crippen LogP contribution in [0.1, 0.15) is 17.8 Å². The summed E-state index contributed by atoms with van der Waals surface area (Å²) in [6.07, 6.45) is -0.294. The zero-order valence-corrected chi connectivity index (χ0v) is 9.27. The lowest BCUT2D eigenvalue weighted by atomic mass is 10.2. The van der Waals surface area contributed by atoms with Gasteiger partial charge in [-0.3, -0.25) is 24.8 Å². The first-order valence-electron chi connectivity index (χ1n) is 5.13. The molecule has 0 bridgehead atoms. The van der Waals surface area contributed by atoms with Crippen LogP contribution in [0.15, 0.2) is 18.2 Å². The molecule has 0 unspecified atom stereocenters. The minimum absolute atomic E-state index is 0.0830. The zero-order chi connectivity index (χ0) is 12.4. The monoisotopic (exact) mass is 233 g/mol. The predicted molar refractivity (Wildman–Crippen MR) is 57.7 cm³/mol. The molecule has 0 spiro atoms. The van der Waals surface area contributed by atoms with E-state index < -0.39 is 17.8 Å². The Hall–Kier alpha value is -2.24. The van der Waals surface area contributed by atoms with E-state index in [1.165, 1.54) is 0 Å². The van der Waals surface area contributed by atoms with Gasteiger partial charge in [0.15, 0.2) is 0 Å². The van der Waals surface area contributed by atoms with Crippen molar-refractivity contribution in [1.29, 1.82) is 0 Å². The molecular formula is C11H11N3O3. The van der Waals surface area contributed by atoms with Gasteiger partial charge in [-0.1, -0.05) is 6.07 Å². The molecule has 1 aliphatic rings. The maximum absolute atomic E-state index is 11.5. The highest BCUT2D eigenvalue weighted by molar-refractivity contribution is 6.13. The average molecular weight is 233 g/mol. The molecule has 0 atom stereocenters. The van der Waals surface area contributed by atoms with E-state index >= 15 is 0 Å². The van der Waals surface area contributed by atoms with Crippen LogP contribution in [0.3, 0.4) is 0 Å². The Kier molecular flexibility index (Phi) is 2.86. The standard InChI is InChI=1S/C11H11N3O3/c1-7-3-2-4-8(12-7)6-14-10(16)5-9(15)13-11(14)17/h2-4H,5-6H2,1H3,(H,13,15,17). The number of carbonyl (C=O) groups excluding carboxylic acids is 3. The smallest absolute Gasteiger partial charge is 0.277 e. The summed E-state index contributed by atoms with van der Waals surface area (Å²) in [4.78, 5) is 39.1. The van der Waals surface area contributed by atoms with Gasteiger partial charge in [0.1, 0.15) is 6.42 Å². The number of pyridine rings is 1. The van der Waals surface area contributed by atoms with Crippen LogP contribution >= 0.6 is 0 Å². The fourth-order valence-corrected chi connectivity index (χ4v) is 1.59. The average Bonchev–Trinajstić information content (AvgIpc) is 2.23. The number of imide groups is 2. The molecule has 2 rings (SSSR count). The van der Waals surface area contributed by atoms with Crippen LogP contribution in [0, 0.1) is 6.92 Å². The van der Waals surface area contributed by atoms with Crippen molar-refractivity contribution in [3.63, 3.8) is 0 Å². The van der Waals surface area contributed by atoms with Crippen molar-refractivity contribution in [3.8, 4) is 0 Å². The lowest BCUT2D eigenvalue weighted by Gasteiger charge is -2.24. The van der Waals surface area contributed by atoms with E-state index in [0.717, 1.165) is 10.6 Å². The van der Waals surface area contributed by atoms with Crippen molar-refractivity contribution in [3.05, 3.63) is 29.6 Å². The summed E-state index contributed by atoms with van der Waals surface area (Å²) < 4.78 is 0. The van der Waals surface area contributed by atoms with Crippen LogP contribution < -0.4 is 5.32 Å². The van der Waals surface area contributed by atoms with Crippen LogP contribution in [0.4, 0.5) is 4.79 Å². The zero-order valence-electron chi connectivity index (χ0n) is 9.27. The van der Waals surface area contributed by atoms with Gasteiger partial charge in [-0.05, 0) is 19.1 Å². The number of amides is 4. The minimum Gasteiger partial charge on any atom is -0.277 e. The molecule has 4 amide bonds. The van der Waals surface area contributed by atoms with Gasteiger partial charge in [0.2, 0.25) is 11.8 Å². The Balaban J connectivity index is 2.15. The summed E-state index contributed by atoms with van der Waals surface area (Å²) in [5.74, 6) is -1.06. The number of aromatic nitrogens is 1. The first kappa shape index (κ1) is 11.3. The fraction of sp³-hybridized carbons (Fsp3) is 0.273. The Labute approximate surface area is 97.6 Å². The molecular weight excluding hydrogens is 222 g/mol. The van der Waals surface area contributed by atoms with Crippen molar-refractivity contribution in [2.45, 2.75) is 19.9 Å². The van der Waals surface area contributed by atoms with E-state index in [2.05, 4.69) is 10.3 Å². The molecule has 6 nitrogen and oxygen atoms in total. The molecule has 2 heterocycles. The third-order valence-corrected chi connectivity index (χ3v) is 2.37. The summed E-state index contributed by atoms with van der Waals surface area (Å²) >= 11 is 0. The van der Waals surface area contributed by atoms with Gasteiger partial charge in [0.05, 0.1) is 12.2 Å². The molecule has 1 fully saturated rings. The third kappa shape index (κ3) is 2.47. The summed E-state index contributed by atoms with van der Waals surface area (Å²) in [5, 5.41) is 2.09. The molecule has 0 aromatic carbocycles. The van der Waals surface area contributed by atoms with E-state index in [0.29, 0.717) is 5.69 Å². The van der Waals surface area contributed by atoms with Crippen LogP contribution in [-0.2, 0) is 16.1 Å². The fourth-order valence-electron chi connectivity index (χ4n) is 1.59. The summed E-state index contributed by atoms with van der Waals surface area (Å²) in [6, 6.07) is 4.67. The maximum atomic E-state index is 11.5. The van der Waals surface area contributed by atoms with Crippen molar-refractivity contribution in [1.82, 2.24) is 15.2 Å². The van der Waals surface area contributed by atoms with Crippen LogP contribution in [0.25, 0.3) is 0 Å². The van der Waals surface area contributed by atoms with Gasteiger partial charge in [0, 0.05) is 5.69 Å². The first-order valence-corrected chi connectivity index (χ1v) is 5.13. The lowest BCUT2D eigenvalue weighted by Crippen LogP contribution is -2.52. The summed E-state index contributed by atoms with van der Waals surface area (Å²) in [7, 11) is 0. The number of hydrogen-bond acceptors (Lipinski definition) is 4. The summed E-state index contributed by atoms with van der Waals surface area (Å²) in [5.41, 5.74) is 1.42. The molecule has 1 aliphatic heterocycles. The van der Waals surface area contributed by atoms with Gasteiger partial charge in [-0.15, -0.1) is 0 Å². The predicted octanol–water partition coefficient (Wildman–Crippen LogP) is 0.359. The van der Waals surface area contributed by atoms with Gasteiger partial charge in [0.25, 0.3) is 0 Å². The number of carbonyl (C=O) groups is 3. The molecule has 0 aliphatic carbocycles. The molecule has 6 heteroatoms. The minimum atomic E-state index is -0.686. The normalized spacial score (nSPS) is 16.1. The third-order valence-electron chi connectivity index (χ3n) is 2.37. The Morgan fingerprint density at radius 3 is 2.76 bits per heavy atom. The highest BCUT2D eigenvalue weighted by Crippen LogP contribution is 2.08. The molecule has 1 aromatic rings. The molecule has 1 N–H and O–H groups in total. The number of urea groups is 1. The van der Waals surface area contributed by atoms with E-state index in [1.807, 2.05) is 13.0 Å². The van der Waals surface area contributed by atoms with Crippen LogP contribution in [0.5, 0.6) is 0 Å². The first-order chi connectivity index (χ1) is 8.06. The lowest BCUT2D eigenvalue weighted by molar-refractivity contribution is -0.136. The largest absolute Gasteiger partial charge is 0.331 e. The van der Waals surface area contributed by atoms with Crippen molar-refractivity contribution < 1.29 is 14.4 Å². The van der Waals surface area contributed by atoms with E-state index in [-0.39, 0.29) is 13.0 Å². The second-order valence-corrected chi connectivity index (χ2v) is 3.78. The number of rotatable bonds is 2. The van der Waals surface area contributed by atoms with Gasteiger partial charge < -0.3 is 0 Å². The van der Waals surface area contributed by atoms with Gasteiger partial charge >= 0.3 is 6.03 Å². The molecule has 17 heavy (non-hydrogen) atoms.